The Hall–Kier alpha value is -2.29. The van der Waals surface area contributed by atoms with Gasteiger partial charge in [-0.05, 0) is 60.3 Å². The molecular weight excluding hydrogens is 407 g/mol. The first-order valence-corrected chi connectivity index (χ1v) is 11.6. The Morgan fingerprint density at radius 2 is 1.81 bits per heavy atom. The summed E-state index contributed by atoms with van der Waals surface area (Å²) in [7, 11) is -0.544. The lowest BCUT2D eigenvalue weighted by atomic mass is 9.81. The highest BCUT2D eigenvalue weighted by Crippen LogP contribution is 2.31. The van der Waals surface area contributed by atoms with Crippen LogP contribution in [0.25, 0.3) is 0 Å². The van der Waals surface area contributed by atoms with Gasteiger partial charge in [0.15, 0.2) is 0 Å². The smallest absolute Gasteiger partial charge is 0.534 e. The van der Waals surface area contributed by atoms with Crippen molar-refractivity contribution in [2.75, 3.05) is 5.32 Å². The maximum absolute atomic E-state index is 12.9. The minimum absolute atomic E-state index is 0.105. The van der Waals surface area contributed by atoms with Crippen molar-refractivity contribution >= 4 is 24.6 Å². The summed E-state index contributed by atoms with van der Waals surface area (Å²) >= 11 is 0. The normalized spacial score (nSPS) is 25.5. The number of nitrogens with one attached hydrogen (secondary N) is 1. The summed E-state index contributed by atoms with van der Waals surface area (Å²) in [6.07, 6.45) is 6.59. The Morgan fingerprint density at radius 3 is 2.25 bits per heavy atom. The molecule has 3 rings (SSSR count). The van der Waals surface area contributed by atoms with Gasteiger partial charge in [-0.2, -0.15) is 0 Å². The molecule has 1 amide bonds. The van der Waals surface area contributed by atoms with Crippen molar-refractivity contribution in [1.29, 1.82) is 0 Å². The van der Waals surface area contributed by atoms with E-state index in [1.165, 1.54) is 0 Å². The molecule has 3 heterocycles. The number of aromatic nitrogens is 2. The Bertz CT molecular complexity index is 810. The second-order valence-corrected chi connectivity index (χ2v) is 10.2. The van der Waals surface area contributed by atoms with E-state index >= 15 is 0 Å². The molecule has 8 nitrogen and oxygen atoms in total. The highest BCUT2D eigenvalue weighted by Gasteiger charge is 2.43. The second-order valence-electron chi connectivity index (χ2n) is 10.2. The van der Waals surface area contributed by atoms with Crippen LogP contribution in [-0.2, 0) is 14.0 Å². The highest BCUT2D eigenvalue weighted by atomic mass is 16.7. The van der Waals surface area contributed by atoms with Crippen molar-refractivity contribution < 1.29 is 18.8 Å². The zero-order chi connectivity index (χ0) is 23.7. The van der Waals surface area contributed by atoms with Gasteiger partial charge >= 0.3 is 13.2 Å². The topological polar surface area (TPSA) is 85.8 Å². The van der Waals surface area contributed by atoms with Gasteiger partial charge in [-0.1, -0.05) is 20.4 Å². The highest BCUT2D eigenvalue weighted by molar-refractivity contribution is 6.62. The summed E-state index contributed by atoms with van der Waals surface area (Å²) in [5, 5.41) is 3.46. The van der Waals surface area contributed by atoms with E-state index in [0.29, 0.717) is 11.7 Å². The van der Waals surface area contributed by atoms with Crippen molar-refractivity contribution in [3.05, 3.63) is 24.7 Å². The van der Waals surface area contributed by atoms with Gasteiger partial charge in [0.25, 0.3) is 0 Å². The fourth-order valence-electron chi connectivity index (χ4n) is 4.22. The van der Waals surface area contributed by atoms with Crippen LogP contribution >= 0.6 is 0 Å². The third kappa shape index (κ3) is 5.55. The van der Waals surface area contributed by atoms with Gasteiger partial charge in [0.05, 0.1) is 5.76 Å². The molecule has 0 aromatic carbocycles. The maximum Gasteiger partial charge on any atom is 0.566 e. The van der Waals surface area contributed by atoms with Crippen LogP contribution in [0, 0.1) is 0 Å². The third-order valence-electron chi connectivity index (χ3n) is 6.05. The summed E-state index contributed by atoms with van der Waals surface area (Å²) in [5.41, 5.74) is -0.291. The third-order valence-corrected chi connectivity index (χ3v) is 6.05. The van der Waals surface area contributed by atoms with Gasteiger partial charge in [0, 0.05) is 36.0 Å². The molecule has 0 aliphatic carbocycles. The summed E-state index contributed by atoms with van der Waals surface area (Å²) in [5.74, 6) is 1.16. The minimum atomic E-state index is -0.544. The van der Waals surface area contributed by atoms with Crippen molar-refractivity contribution in [2.45, 2.75) is 103 Å². The Labute approximate surface area is 192 Å². The quantitative estimate of drug-likeness (QED) is 0.690. The van der Waals surface area contributed by atoms with Crippen LogP contribution in [-0.4, -0.2) is 57.4 Å². The summed E-state index contributed by atoms with van der Waals surface area (Å²) in [4.78, 5) is 23.8. The van der Waals surface area contributed by atoms with E-state index in [-0.39, 0.29) is 24.2 Å². The van der Waals surface area contributed by atoms with E-state index in [4.69, 9.17) is 14.0 Å². The molecule has 2 aliphatic rings. The number of rotatable bonds is 5. The SMILES string of the molecule is C=C1OB(c2cnc(NC3C[C@@H](CC)N(C(=O)OC(C)(C)C)[C@@H](CC)C3)nc2)OC1(C)C. The Kier molecular flexibility index (Phi) is 7.07. The number of carbonyl (C=O) groups excluding carboxylic acids is 1. The standard InChI is InChI=1S/C23H37BN4O4/c1-9-18-11-17(12-19(10-2)28(18)21(29)30-22(4,5)6)27-20-25-13-16(14-26-20)24-31-15(3)23(7,8)32-24/h13-14,17-19H,3,9-12H2,1-2,4-8H3,(H,25,26,27)/t17?,18-,19+. The van der Waals surface area contributed by atoms with Gasteiger partial charge in [0.2, 0.25) is 5.95 Å². The lowest BCUT2D eigenvalue weighted by Crippen LogP contribution is -2.55. The van der Waals surface area contributed by atoms with E-state index in [1.54, 1.807) is 12.4 Å². The first kappa shape index (κ1) is 24.4. The first-order valence-electron chi connectivity index (χ1n) is 11.6. The van der Waals surface area contributed by atoms with Crippen LogP contribution in [0.3, 0.4) is 0 Å². The molecule has 2 fully saturated rings. The molecule has 1 aromatic heterocycles. The molecule has 0 spiro atoms. The van der Waals surface area contributed by atoms with Gasteiger partial charge in [-0.3, -0.25) is 0 Å². The van der Waals surface area contributed by atoms with Crippen LogP contribution in [0.2, 0.25) is 0 Å². The molecule has 2 saturated heterocycles. The molecule has 32 heavy (non-hydrogen) atoms. The van der Waals surface area contributed by atoms with Crippen molar-refractivity contribution in [3.8, 4) is 0 Å². The van der Waals surface area contributed by atoms with Crippen molar-refractivity contribution in [1.82, 2.24) is 14.9 Å². The number of anilines is 1. The Morgan fingerprint density at radius 1 is 1.25 bits per heavy atom. The number of hydrogen-bond acceptors (Lipinski definition) is 7. The van der Waals surface area contributed by atoms with Crippen molar-refractivity contribution in [3.63, 3.8) is 0 Å². The minimum Gasteiger partial charge on any atom is -0.534 e. The monoisotopic (exact) mass is 444 g/mol. The molecular formula is C23H37BN4O4. The van der Waals surface area contributed by atoms with E-state index in [9.17, 15) is 4.79 Å². The molecule has 0 saturated carbocycles. The number of piperidine rings is 1. The molecule has 176 valence electrons. The molecule has 1 unspecified atom stereocenters. The molecule has 9 heteroatoms. The summed E-state index contributed by atoms with van der Waals surface area (Å²) in [6.45, 7) is 17.7. The lowest BCUT2D eigenvalue weighted by molar-refractivity contribution is -0.00812. The zero-order valence-electron chi connectivity index (χ0n) is 20.5. The number of hydrogen-bond donors (Lipinski definition) is 1. The number of likely N-dealkylation sites (tertiary alicyclic amines) is 1. The van der Waals surface area contributed by atoms with Gasteiger partial charge in [0.1, 0.15) is 11.2 Å². The first-order chi connectivity index (χ1) is 14.9. The van der Waals surface area contributed by atoms with Gasteiger partial charge in [-0.15, -0.1) is 0 Å². The van der Waals surface area contributed by atoms with Crippen molar-refractivity contribution in [2.24, 2.45) is 0 Å². The van der Waals surface area contributed by atoms with Gasteiger partial charge in [-0.25, -0.2) is 14.8 Å². The predicted molar refractivity (Wildman–Crippen MR) is 126 cm³/mol. The number of carbonyl (C=O) groups is 1. The van der Waals surface area contributed by atoms with Crippen LogP contribution in [0.4, 0.5) is 10.7 Å². The maximum atomic E-state index is 12.9. The van der Waals surface area contributed by atoms with Crippen LogP contribution < -0.4 is 10.8 Å². The van der Waals surface area contributed by atoms with E-state index < -0.39 is 18.3 Å². The van der Waals surface area contributed by atoms with Crippen LogP contribution in [0.1, 0.15) is 74.1 Å². The molecule has 1 aromatic rings. The predicted octanol–water partition coefficient (Wildman–Crippen LogP) is 3.88. The van der Waals surface area contributed by atoms with E-state index in [0.717, 1.165) is 31.1 Å². The summed E-state index contributed by atoms with van der Waals surface area (Å²) < 4.78 is 17.3. The van der Waals surface area contributed by atoms with E-state index in [2.05, 4.69) is 35.7 Å². The fourth-order valence-corrected chi connectivity index (χ4v) is 4.22. The second kappa shape index (κ2) is 9.29. The largest absolute Gasteiger partial charge is 0.566 e. The Balaban J connectivity index is 1.66. The molecule has 2 aliphatic heterocycles. The molecule has 0 bridgehead atoms. The summed E-state index contributed by atoms with van der Waals surface area (Å²) in [6, 6.07) is 0.384. The lowest BCUT2D eigenvalue weighted by Gasteiger charge is -2.45. The number of nitrogens with zero attached hydrogens (tertiary/aromatic N) is 3. The van der Waals surface area contributed by atoms with Crippen LogP contribution in [0.15, 0.2) is 24.7 Å². The molecule has 1 N–H and O–H groups in total. The number of amides is 1. The fraction of sp³-hybridized carbons (Fsp3) is 0.696. The average molecular weight is 444 g/mol. The van der Waals surface area contributed by atoms with Crippen LogP contribution in [0.5, 0.6) is 0 Å². The number of ether oxygens (including phenoxy) is 1. The molecule has 0 radical (unpaired) electrons. The zero-order valence-corrected chi connectivity index (χ0v) is 20.5. The molecule has 3 atom stereocenters. The average Bonchev–Trinajstić information content (AvgIpc) is 2.98. The van der Waals surface area contributed by atoms with Gasteiger partial charge < -0.3 is 24.3 Å². The van der Waals surface area contributed by atoms with E-state index in [1.807, 2.05) is 39.5 Å².